The fourth-order valence-electron chi connectivity index (χ4n) is 4.23. The predicted molar refractivity (Wildman–Crippen MR) is 140 cm³/mol. The number of ether oxygens (including phenoxy) is 1. The first kappa shape index (κ1) is 22.2. The number of furan rings is 1. The van der Waals surface area contributed by atoms with Crippen molar-refractivity contribution in [1.29, 1.82) is 0 Å². The maximum absolute atomic E-state index is 12.8. The summed E-state index contributed by atoms with van der Waals surface area (Å²) in [7, 11) is -3.51. The summed E-state index contributed by atoms with van der Waals surface area (Å²) in [5.41, 5.74) is 1.83. The lowest BCUT2D eigenvalue weighted by molar-refractivity contribution is 0.0730. The average Bonchev–Trinajstić information content (AvgIpc) is 3.55. The zero-order valence-electron chi connectivity index (χ0n) is 18.8. The minimum absolute atomic E-state index is 0.276. The molecule has 0 N–H and O–H groups in total. The van der Waals surface area contributed by atoms with Gasteiger partial charge in [0.1, 0.15) is 16.5 Å². The van der Waals surface area contributed by atoms with Gasteiger partial charge in [-0.15, -0.1) is 11.3 Å². The number of nitrogens with zero attached hydrogens (tertiary/aromatic N) is 2. The van der Waals surface area contributed by atoms with Crippen LogP contribution in [0.3, 0.4) is 0 Å². The minimum Gasteiger partial charge on any atom is -0.457 e. The Morgan fingerprint density at radius 3 is 2.51 bits per heavy atom. The highest BCUT2D eigenvalue weighted by molar-refractivity contribution is 7.89. The van der Waals surface area contributed by atoms with Crippen molar-refractivity contribution in [1.82, 2.24) is 9.29 Å². The highest BCUT2D eigenvalue weighted by Crippen LogP contribution is 2.31. The number of sulfonamides is 1. The normalized spacial score (nSPS) is 15.4. The van der Waals surface area contributed by atoms with Crippen molar-refractivity contribution in [3.05, 3.63) is 83.6 Å². The third-order valence-corrected chi connectivity index (χ3v) is 8.96. The Morgan fingerprint density at radius 2 is 1.69 bits per heavy atom. The molecule has 2 aromatic heterocycles. The van der Waals surface area contributed by atoms with Crippen molar-refractivity contribution in [2.24, 2.45) is 0 Å². The van der Waals surface area contributed by atoms with Crippen molar-refractivity contribution in [2.45, 2.75) is 4.90 Å². The molecule has 8 heteroatoms. The third kappa shape index (κ3) is 4.30. The highest BCUT2D eigenvalue weighted by atomic mass is 32.2. The summed E-state index contributed by atoms with van der Waals surface area (Å²) in [5, 5.41) is 3.24. The van der Waals surface area contributed by atoms with Gasteiger partial charge < -0.3 is 9.15 Å². The van der Waals surface area contributed by atoms with E-state index >= 15 is 0 Å². The quantitative estimate of drug-likeness (QED) is 0.299. The van der Waals surface area contributed by atoms with Gasteiger partial charge in [0.25, 0.3) is 0 Å². The SMILES string of the molecule is O=S(=O)(c1ccc(-c2ccc(/C=C/c3nc4c(ccc5ccccc54)s3)o2)cc1)N1CCOCC1. The molecule has 5 aromatic rings. The Hall–Kier alpha value is -3.30. The maximum atomic E-state index is 12.8. The van der Waals surface area contributed by atoms with Crippen LogP contribution in [0.4, 0.5) is 0 Å². The second kappa shape index (κ2) is 9.05. The topological polar surface area (TPSA) is 72.6 Å². The molecule has 0 aliphatic carbocycles. The van der Waals surface area contributed by atoms with E-state index in [-0.39, 0.29) is 4.90 Å². The molecule has 3 aromatic carbocycles. The largest absolute Gasteiger partial charge is 0.457 e. The van der Waals surface area contributed by atoms with Crippen LogP contribution in [0, 0.1) is 0 Å². The molecule has 0 saturated carbocycles. The van der Waals surface area contributed by atoms with E-state index in [0.717, 1.165) is 26.2 Å². The lowest BCUT2D eigenvalue weighted by Gasteiger charge is -2.26. The smallest absolute Gasteiger partial charge is 0.243 e. The number of fused-ring (bicyclic) bond motifs is 3. The number of hydrogen-bond acceptors (Lipinski definition) is 6. The van der Waals surface area contributed by atoms with E-state index in [1.165, 1.54) is 9.69 Å². The van der Waals surface area contributed by atoms with Crippen molar-refractivity contribution in [3.63, 3.8) is 0 Å². The number of thiazole rings is 1. The molecule has 3 heterocycles. The van der Waals surface area contributed by atoms with Crippen LogP contribution in [0.5, 0.6) is 0 Å². The van der Waals surface area contributed by atoms with E-state index in [0.29, 0.717) is 37.8 Å². The van der Waals surface area contributed by atoms with E-state index < -0.39 is 10.0 Å². The van der Waals surface area contributed by atoms with Crippen LogP contribution in [0.25, 0.3) is 44.5 Å². The summed E-state index contributed by atoms with van der Waals surface area (Å²) < 4.78 is 39.5. The standard InChI is InChI=1S/C27H22N2O4S2/c30-35(31,29-15-17-32-18-16-29)22-10-5-20(6-11-22)24-12-8-21(33-24)9-14-26-28-27-23-4-2-1-3-19(23)7-13-25(27)34-26/h1-14H,15-18H2/b14-9+. The fraction of sp³-hybridized carbons (Fsp3) is 0.148. The van der Waals surface area contributed by atoms with Crippen LogP contribution in [0.15, 0.2) is 82.1 Å². The summed E-state index contributed by atoms with van der Waals surface area (Å²) in [6, 6.07) is 23.1. The molecule has 1 aliphatic heterocycles. The second-order valence-electron chi connectivity index (χ2n) is 8.26. The van der Waals surface area contributed by atoms with Gasteiger partial charge in [-0.05, 0) is 60.0 Å². The lowest BCUT2D eigenvalue weighted by Crippen LogP contribution is -2.40. The van der Waals surface area contributed by atoms with Gasteiger partial charge in [0.2, 0.25) is 10.0 Å². The summed E-state index contributed by atoms with van der Waals surface area (Å²) in [6.45, 7) is 1.60. The zero-order chi connectivity index (χ0) is 23.8. The van der Waals surface area contributed by atoms with E-state index in [1.807, 2.05) is 36.4 Å². The predicted octanol–water partition coefficient (Wildman–Crippen LogP) is 5.90. The Morgan fingerprint density at radius 1 is 0.886 bits per heavy atom. The summed E-state index contributed by atoms with van der Waals surface area (Å²) >= 11 is 1.64. The van der Waals surface area contributed by atoms with Crippen molar-refractivity contribution in [2.75, 3.05) is 26.3 Å². The number of aromatic nitrogens is 1. The number of benzene rings is 3. The molecule has 1 fully saturated rings. The molecule has 0 radical (unpaired) electrons. The second-order valence-corrected chi connectivity index (χ2v) is 11.3. The molecule has 0 unspecified atom stereocenters. The van der Waals surface area contributed by atoms with Crippen LogP contribution in [0.1, 0.15) is 10.8 Å². The molecule has 35 heavy (non-hydrogen) atoms. The summed E-state index contributed by atoms with van der Waals surface area (Å²) in [5.74, 6) is 1.38. The first-order valence-corrected chi connectivity index (χ1v) is 13.6. The van der Waals surface area contributed by atoms with Crippen LogP contribution >= 0.6 is 11.3 Å². The Kier molecular flexibility index (Phi) is 5.74. The Labute approximate surface area is 207 Å². The molecule has 176 valence electrons. The van der Waals surface area contributed by atoms with Crippen molar-refractivity contribution in [3.8, 4) is 11.3 Å². The number of rotatable bonds is 5. The molecule has 0 spiro atoms. The molecule has 0 atom stereocenters. The molecule has 6 rings (SSSR count). The van der Waals surface area contributed by atoms with Gasteiger partial charge in [0.05, 0.1) is 28.3 Å². The number of hydrogen-bond donors (Lipinski definition) is 0. The number of morpholine rings is 1. The van der Waals surface area contributed by atoms with Gasteiger partial charge in [-0.3, -0.25) is 0 Å². The monoisotopic (exact) mass is 502 g/mol. The highest BCUT2D eigenvalue weighted by Gasteiger charge is 2.26. The molecule has 0 bridgehead atoms. The summed E-state index contributed by atoms with van der Waals surface area (Å²) in [6.07, 6.45) is 3.86. The van der Waals surface area contributed by atoms with Gasteiger partial charge >= 0.3 is 0 Å². The van der Waals surface area contributed by atoms with Gasteiger partial charge in [0.15, 0.2) is 0 Å². The van der Waals surface area contributed by atoms with E-state index in [1.54, 1.807) is 35.6 Å². The molecule has 0 amide bonds. The van der Waals surface area contributed by atoms with E-state index in [9.17, 15) is 8.42 Å². The van der Waals surface area contributed by atoms with Crippen LogP contribution in [0.2, 0.25) is 0 Å². The van der Waals surface area contributed by atoms with Gasteiger partial charge in [-0.1, -0.05) is 30.3 Å². The molecular formula is C27H22N2O4S2. The molecule has 6 nitrogen and oxygen atoms in total. The maximum Gasteiger partial charge on any atom is 0.243 e. The van der Waals surface area contributed by atoms with Crippen molar-refractivity contribution < 1.29 is 17.6 Å². The first-order chi connectivity index (χ1) is 17.1. The minimum atomic E-state index is -3.51. The van der Waals surface area contributed by atoms with E-state index in [4.69, 9.17) is 14.1 Å². The van der Waals surface area contributed by atoms with Crippen LogP contribution in [-0.4, -0.2) is 44.0 Å². The van der Waals surface area contributed by atoms with E-state index in [2.05, 4.69) is 24.3 Å². The van der Waals surface area contributed by atoms with Crippen molar-refractivity contribution >= 4 is 54.5 Å². The summed E-state index contributed by atoms with van der Waals surface area (Å²) in [4.78, 5) is 5.09. The molecule has 1 saturated heterocycles. The Balaban J connectivity index is 1.21. The van der Waals surface area contributed by atoms with Gasteiger partial charge in [-0.2, -0.15) is 4.31 Å². The lowest BCUT2D eigenvalue weighted by atomic mass is 10.1. The fourth-order valence-corrected chi connectivity index (χ4v) is 6.52. The van der Waals surface area contributed by atoms with Crippen LogP contribution in [-0.2, 0) is 14.8 Å². The van der Waals surface area contributed by atoms with Gasteiger partial charge in [0, 0.05) is 24.0 Å². The third-order valence-electron chi connectivity index (χ3n) is 6.06. The molecule has 1 aliphatic rings. The van der Waals surface area contributed by atoms with Crippen LogP contribution < -0.4 is 0 Å². The zero-order valence-corrected chi connectivity index (χ0v) is 20.4. The first-order valence-electron chi connectivity index (χ1n) is 11.3. The Bertz CT molecular complexity index is 1640. The van der Waals surface area contributed by atoms with Gasteiger partial charge in [-0.25, -0.2) is 13.4 Å². The molecular weight excluding hydrogens is 480 g/mol. The average molecular weight is 503 g/mol.